The number of benzene rings is 2. The van der Waals surface area contributed by atoms with E-state index < -0.39 is 5.97 Å². The summed E-state index contributed by atoms with van der Waals surface area (Å²) in [7, 11) is 0. The average Bonchev–Trinajstić information content (AvgIpc) is 2.74. The maximum absolute atomic E-state index is 11.2. The van der Waals surface area contributed by atoms with Gasteiger partial charge in [0.25, 0.3) is 0 Å². The fourth-order valence-corrected chi connectivity index (χ4v) is 3.14. The Bertz CT molecular complexity index is 879. The molecule has 3 rings (SSSR count). The topological polar surface area (TPSA) is 42.2 Å². The number of hydrogen-bond donors (Lipinski definition) is 1. The van der Waals surface area contributed by atoms with Crippen LogP contribution in [0, 0.1) is 13.8 Å². The van der Waals surface area contributed by atoms with E-state index in [1.54, 1.807) is 0 Å². The second-order valence-electron chi connectivity index (χ2n) is 5.87. The highest BCUT2D eigenvalue weighted by Crippen LogP contribution is 2.28. The Hall–Kier alpha value is -2.26. The predicted octanol–water partition coefficient (Wildman–Crippen LogP) is 4.59. The van der Waals surface area contributed by atoms with Gasteiger partial charge in [0.05, 0.1) is 6.42 Å². The zero-order chi connectivity index (χ0) is 16.6. The molecule has 3 nitrogen and oxygen atoms in total. The fraction of sp³-hybridized carbons (Fsp3) is 0.211. The number of carbonyl (C=O) groups is 1. The van der Waals surface area contributed by atoms with Crippen molar-refractivity contribution in [3.05, 3.63) is 69.9 Å². The van der Waals surface area contributed by atoms with Crippen molar-refractivity contribution in [2.24, 2.45) is 0 Å². The molecule has 1 heterocycles. The van der Waals surface area contributed by atoms with Crippen LogP contribution in [-0.2, 0) is 17.8 Å². The van der Waals surface area contributed by atoms with Gasteiger partial charge in [0.1, 0.15) is 0 Å². The minimum atomic E-state index is -0.805. The van der Waals surface area contributed by atoms with E-state index in [0.717, 1.165) is 33.3 Å². The molecule has 1 N–H and O–H groups in total. The van der Waals surface area contributed by atoms with Gasteiger partial charge in [0.2, 0.25) is 0 Å². The Kier molecular flexibility index (Phi) is 4.14. The number of aliphatic carboxylic acids is 1. The number of rotatable bonds is 4. The summed E-state index contributed by atoms with van der Waals surface area (Å²) in [6, 6.07) is 13.9. The molecule has 0 saturated heterocycles. The summed E-state index contributed by atoms with van der Waals surface area (Å²) >= 11 is 5.95. The molecule has 0 aliphatic heterocycles. The molecule has 3 aromatic rings. The third kappa shape index (κ3) is 3.10. The standard InChI is InChI=1S/C19H18ClNO2/c1-12-3-8-18-17(9-12)16(10-19(22)23)13(2)21(18)11-14-4-6-15(20)7-5-14/h3-9H,10-11H2,1-2H3,(H,22,23). The normalized spacial score (nSPS) is 11.1. The highest BCUT2D eigenvalue weighted by molar-refractivity contribution is 6.30. The van der Waals surface area contributed by atoms with E-state index in [1.807, 2.05) is 38.1 Å². The maximum atomic E-state index is 11.2. The Labute approximate surface area is 140 Å². The second-order valence-corrected chi connectivity index (χ2v) is 6.30. The van der Waals surface area contributed by atoms with Crippen LogP contribution in [0.15, 0.2) is 42.5 Å². The van der Waals surface area contributed by atoms with Crippen molar-refractivity contribution in [1.82, 2.24) is 4.57 Å². The van der Waals surface area contributed by atoms with Crippen LogP contribution in [-0.4, -0.2) is 15.6 Å². The van der Waals surface area contributed by atoms with Crippen LogP contribution >= 0.6 is 11.6 Å². The van der Waals surface area contributed by atoms with Crippen molar-refractivity contribution in [1.29, 1.82) is 0 Å². The molecule has 0 radical (unpaired) electrons. The lowest BCUT2D eigenvalue weighted by Crippen LogP contribution is -2.05. The van der Waals surface area contributed by atoms with Crippen LogP contribution in [0.1, 0.15) is 22.4 Å². The molecular weight excluding hydrogens is 310 g/mol. The van der Waals surface area contributed by atoms with Crippen LogP contribution in [0.25, 0.3) is 10.9 Å². The number of aromatic nitrogens is 1. The van der Waals surface area contributed by atoms with E-state index in [-0.39, 0.29) is 6.42 Å². The first kappa shape index (κ1) is 15.6. The fourth-order valence-electron chi connectivity index (χ4n) is 3.02. The first-order valence-electron chi connectivity index (χ1n) is 7.50. The molecule has 0 aliphatic rings. The molecule has 23 heavy (non-hydrogen) atoms. The van der Waals surface area contributed by atoms with Crippen LogP contribution in [0.5, 0.6) is 0 Å². The lowest BCUT2D eigenvalue weighted by Gasteiger charge is -2.09. The smallest absolute Gasteiger partial charge is 0.307 e. The van der Waals surface area contributed by atoms with Gasteiger partial charge < -0.3 is 9.67 Å². The number of nitrogens with zero attached hydrogens (tertiary/aromatic N) is 1. The molecule has 0 bridgehead atoms. The van der Waals surface area contributed by atoms with E-state index in [2.05, 4.69) is 22.8 Å². The molecule has 0 saturated carbocycles. The molecule has 0 fully saturated rings. The summed E-state index contributed by atoms with van der Waals surface area (Å²) in [6.45, 7) is 4.71. The van der Waals surface area contributed by atoms with Crippen molar-refractivity contribution in [3.8, 4) is 0 Å². The largest absolute Gasteiger partial charge is 0.481 e. The van der Waals surface area contributed by atoms with E-state index in [4.69, 9.17) is 11.6 Å². The second kappa shape index (κ2) is 6.09. The molecule has 0 atom stereocenters. The zero-order valence-corrected chi connectivity index (χ0v) is 13.9. The highest BCUT2D eigenvalue weighted by atomic mass is 35.5. The van der Waals surface area contributed by atoms with Gasteiger partial charge in [-0.05, 0) is 49.2 Å². The predicted molar refractivity (Wildman–Crippen MR) is 93.3 cm³/mol. The van der Waals surface area contributed by atoms with Gasteiger partial charge in [-0.2, -0.15) is 0 Å². The van der Waals surface area contributed by atoms with Gasteiger partial charge in [0.15, 0.2) is 0 Å². The molecule has 0 unspecified atom stereocenters. The van der Waals surface area contributed by atoms with E-state index in [1.165, 1.54) is 0 Å². The third-order valence-electron chi connectivity index (χ3n) is 4.19. The van der Waals surface area contributed by atoms with Crippen LogP contribution in [0.2, 0.25) is 5.02 Å². The number of fused-ring (bicyclic) bond motifs is 1. The Morgan fingerprint density at radius 3 is 2.48 bits per heavy atom. The van der Waals surface area contributed by atoms with Crippen molar-refractivity contribution >= 4 is 28.5 Å². The molecular formula is C19H18ClNO2. The summed E-state index contributed by atoms with van der Waals surface area (Å²) in [4.78, 5) is 11.2. The maximum Gasteiger partial charge on any atom is 0.307 e. The summed E-state index contributed by atoms with van der Waals surface area (Å²) in [5, 5.41) is 11.0. The quantitative estimate of drug-likeness (QED) is 0.761. The molecule has 118 valence electrons. The molecule has 0 amide bonds. The molecule has 0 aliphatic carbocycles. The Morgan fingerprint density at radius 2 is 1.83 bits per heavy atom. The lowest BCUT2D eigenvalue weighted by molar-refractivity contribution is -0.136. The van der Waals surface area contributed by atoms with Gasteiger partial charge in [-0.3, -0.25) is 4.79 Å². The van der Waals surface area contributed by atoms with Crippen LogP contribution in [0.4, 0.5) is 0 Å². The first-order valence-corrected chi connectivity index (χ1v) is 7.88. The van der Waals surface area contributed by atoms with Gasteiger partial charge in [-0.1, -0.05) is 35.4 Å². The Balaban J connectivity index is 2.14. The van der Waals surface area contributed by atoms with Gasteiger partial charge >= 0.3 is 5.97 Å². The van der Waals surface area contributed by atoms with Crippen molar-refractivity contribution in [2.45, 2.75) is 26.8 Å². The van der Waals surface area contributed by atoms with E-state index >= 15 is 0 Å². The van der Waals surface area contributed by atoms with Gasteiger partial charge in [0, 0.05) is 28.2 Å². The number of hydrogen-bond acceptors (Lipinski definition) is 1. The van der Waals surface area contributed by atoms with Crippen molar-refractivity contribution in [3.63, 3.8) is 0 Å². The van der Waals surface area contributed by atoms with Crippen LogP contribution in [0.3, 0.4) is 0 Å². The zero-order valence-electron chi connectivity index (χ0n) is 13.1. The van der Waals surface area contributed by atoms with E-state index in [9.17, 15) is 9.90 Å². The summed E-state index contributed by atoms with van der Waals surface area (Å²) < 4.78 is 2.18. The molecule has 0 spiro atoms. The number of carboxylic acids is 1. The van der Waals surface area contributed by atoms with Gasteiger partial charge in [-0.15, -0.1) is 0 Å². The lowest BCUT2D eigenvalue weighted by atomic mass is 10.1. The minimum Gasteiger partial charge on any atom is -0.481 e. The average molecular weight is 328 g/mol. The summed E-state index contributed by atoms with van der Waals surface area (Å²) in [5.41, 5.74) is 5.23. The summed E-state index contributed by atoms with van der Waals surface area (Å²) in [6.07, 6.45) is 0.0411. The molecule has 1 aromatic heterocycles. The molecule has 2 aromatic carbocycles. The number of aryl methyl sites for hydroxylation is 1. The van der Waals surface area contributed by atoms with E-state index in [0.29, 0.717) is 11.6 Å². The van der Waals surface area contributed by atoms with Gasteiger partial charge in [-0.25, -0.2) is 0 Å². The Morgan fingerprint density at radius 1 is 1.13 bits per heavy atom. The van der Waals surface area contributed by atoms with Crippen molar-refractivity contribution in [2.75, 3.05) is 0 Å². The highest BCUT2D eigenvalue weighted by Gasteiger charge is 2.16. The van der Waals surface area contributed by atoms with Crippen molar-refractivity contribution < 1.29 is 9.90 Å². The number of halogens is 1. The van der Waals surface area contributed by atoms with Crippen LogP contribution < -0.4 is 0 Å². The summed E-state index contributed by atoms with van der Waals surface area (Å²) in [5.74, 6) is -0.805. The molecule has 4 heteroatoms. The monoisotopic (exact) mass is 327 g/mol. The number of carboxylic acid groups (broad SMARTS) is 1. The third-order valence-corrected chi connectivity index (χ3v) is 4.44. The minimum absolute atomic E-state index is 0.0411. The first-order chi connectivity index (χ1) is 11.0. The SMILES string of the molecule is Cc1ccc2c(c1)c(CC(=O)O)c(C)n2Cc1ccc(Cl)cc1.